The molecule has 0 atom stereocenters. The van der Waals surface area contributed by atoms with Crippen LogP contribution in [0.4, 0.5) is 5.69 Å². The lowest BCUT2D eigenvalue weighted by Gasteiger charge is -2.11. The third-order valence-electron chi connectivity index (χ3n) is 2.87. The van der Waals surface area contributed by atoms with E-state index in [4.69, 9.17) is 5.11 Å². The van der Waals surface area contributed by atoms with Crippen LogP contribution in [-0.2, 0) is 11.2 Å². The number of benzene rings is 2. The second-order valence-corrected chi connectivity index (χ2v) is 3.96. The van der Waals surface area contributed by atoms with Gasteiger partial charge in [0.25, 0.3) is 0 Å². The SMILES string of the molecule is CNc1c(CCC(=O)O)ccc2ccccc12. The second-order valence-electron chi connectivity index (χ2n) is 3.96. The van der Waals surface area contributed by atoms with Crippen LogP contribution in [0.2, 0.25) is 0 Å². The quantitative estimate of drug-likeness (QED) is 0.847. The minimum absolute atomic E-state index is 0.160. The van der Waals surface area contributed by atoms with Crippen molar-refractivity contribution in [2.45, 2.75) is 12.8 Å². The molecule has 3 heteroatoms. The van der Waals surface area contributed by atoms with Gasteiger partial charge in [-0.25, -0.2) is 0 Å². The normalized spacial score (nSPS) is 10.4. The number of carboxylic acid groups (broad SMARTS) is 1. The van der Waals surface area contributed by atoms with E-state index in [-0.39, 0.29) is 6.42 Å². The van der Waals surface area contributed by atoms with Crippen LogP contribution < -0.4 is 5.32 Å². The average molecular weight is 229 g/mol. The first kappa shape index (κ1) is 11.5. The van der Waals surface area contributed by atoms with E-state index in [1.807, 2.05) is 37.4 Å². The molecule has 2 aromatic carbocycles. The summed E-state index contributed by atoms with van der Waals surface area (Å²) in [5.41, 5.74) is 2.08. The molecule has 0 amide bonds. The molecule has 3 nitrogen and oxygen atoms in total. The Morgan fingerprint density at radius 2 is 2.00 bits per heavy atom. The minimum Gasteiger partial charge on any atom is -0.481 e. The van der Waals surface area contributed by atoms with Crippen LogP contribution in [0.1, 0.15) is 12.0 Å². The van der Waals surface area contributed by atoms with Crippen molar-refractivity contribution in [3.63, 3.8) is 0 Å². The number of aliphatic carboxylic acids is 1. The number of carbonyl (C=O) groups is 1. The minimum atomic E-state index is -0.764. The van der Waals surface area contributed by atoms with Crippen molar-refractivity contribution in [2.75, 3.05) is 12.4 Å². The van der Waals surface area contributed by atoms with Gasteiger partial charge in [-0.3, -0.25) is 4.79 Å². The predicted octanol–water partition coefficient (Wildman–Crippen LogP) is 2.90. The fourth-order valence-electron chi connectivity index (χ4n) is 2.06. The van der Waals surface area contributed by atoms with Gasteiger partial charge in [-0.1, -0.05) is 36.4 Å². The van der Waals surface area contributed by atoms with Crippen molar-refractivity contribution < 1.29 is 9.90 Å². The Bertz CT molecular complexity index is 549. The number of hydrogen-bond acceptors (Lipinski definition) is 2. The van der Waals surface area contributed by atoms with E-state index in [9.17, 15) is 4.79 Å². The standard InChI is InChI=1S/C14H15NO2/c1-15-14-11(8-9-13(16)17)7-6-10-4-2-3-5-12(10)14/h2-7,15H,8-9H2,1H3,(H,16,17). The Kier molecular flexibility index (Phi) is 3.28. The van der Waals surface area contributed by atoms with Crippen molar-refractivity contribution in [3.05, 3.63) is 42.0 Å². The van der Waals surface area contributed by atoms with Crippen LogP contribution in [0, 0.1) is 0 Å². The highest BCUT2D eigenvalue weighted by atomic mass is 16.4. The molecule has 0 aromatic heterocycles. The number of hydrogen-bond donors (Lipinski definition) is 2. The highest BCUT2D eigenvalue weighted by Crippen LogP contribution is 2.27. The first-order valence-electron chi connectivity index (χ1n) is 5.62. The zero-order chi connectivity index (χ0) is 12.3. The summed E-state index contributed by atoms with van der Waals surface area (Å²) < 4.78 is 0. The molecule has 2 aromatic rings. The first-order valence-corrected chi connectivity index (χ1v) is 5.62. The van der Waals surface area contributed by atoms with Crippen LogP contribution in [0.3, 0.4) is 0 Å². The second kappa shape index (κ2) is 4.87. The largest absolute Gasteiger partial charge is 0.481 e. The summed E-state index contributed by atoms with van der Waals surface area (Å²) in [5, 5.41) is 14.2. The molecule has 88 valence electrons. The highest BCUT2D eigenvalue weighted by Gasteiger charge is 2.07. The molecule has 0 aliphatic carbocycles. The number of aryl methyl sites for hydroxylation is 1. The summed E-state index contributed by atoms with van der Waals surface area (Å²) in [7, 11) is 1.87. The molecule has 0 unspecified atom stereocenters. The number of fused-ring (bicyclic) bond motifs is 1. The number of anilines is 1. The predicted molar refractivity (Wildman–Crippen MR) is 69.5 cm³/mol. The molecule has 0 saturated heterocycles. The molecule has 17 heavy (non-hydrogen) atoms. The van der Waals surface area contributed by atoms with Gasteiger partial charge in [-0.05, 0) is 17.4 Å². The fraction of sp³-hybridized carbons (Fsp3) is 0.214. The average Bonchev–Trinajstić information content (AvgIpc) is 2.35. The fourth-order valence-corrected chi connectivity index (χ4v) is 2.06. The molecule has 0 spiro atoms. The Morgan fingerprint density at radius 3 is 2.71 bits per heavy atom. The molecule has 2 N–H and O–H groups in total. The van der Waals surface area contributed by atoms with Gasteiger partial charge in [-0.15, -0.1) is 0 Å². The molecule has 0 saturated carbocycles. The van der Waals surface area contributed by atoms with Crippen molar-refractivity contribution in [1.82, 2.24) is 0 Å². The van der Waals surface area contributed by atoms with E-state index in [1.54, 1.807) is 0 Å². The van der Waals surface area contributed by atoms with Gasteiger partial charge >= 0.3 is 5.97 Å². The van der Waals surface area contributed by atoms with Crippen LogP contribution in [-0.4, -0.2) is 18.1 Å². The zero-order valence-corrected chi connectivity index (χ0v) is 9.73. The lowest BCUT2D eigenvalue weighted by molar-refractivity contribution is -0.136. The van der Waals surface area contributed by atoms with Crippen LogP contribution in [0.15, 0.2) is 36.4 Å². The number of nitrogens with one attached hydrogen (secondary N) is 1. The Hall–Kier alpha value is -2.03. The third kappa shape index (κ3) is 2.38. The Labute approximate surface area is 100 Å². The molecular formula is C14H15NO2. The number of rotatable bonds is 4. The maximum Gasteiger partial charge on any atom is 0.303 e. The third-order valence-corrected chi connectivity index (χ3v) is 2.87. The van der Waals surface area contributed by atoms with Crippen molar-refractivity contribution in [1.29, 1.82) is 0 Å². The van der Waals surface area contributed by atoms with Crippen molar-refractivity contribution >= 4 is 22.4 Å². The maximum absolute atomic E-state index is 10.6. The summed E-state index contributed by atoms with van der Waals surface area (Å²) in [4.78, 5) is 10.6. The summed E-state index contributed by atoms with van der Waals surface area (Å²) in [6, 6.07) is 12.1. The molecule has 2 rings (SSSR count). The Morgan fingerprint density at radius 1 is 1.24 bits per heavy atom. The smallest absolute Gasteiger partial charge is 0.303 e. The van der Waals surface area contributed by atoms with E-state index in [0.717, 1.165) is 22.0 Å². The van der Waals surface area contributed by atoms with E-state index >= 15 is 0 Å². The van der Waals surface area contributed by atoms with Crippen LogP contribution >= 0.6 is 0 Å². The molecule has 0 aliphatic heterocycles. The van der Waals surface area contributed by atoms with Gasteiger partial charge in [0.1, 0.15) is 0 Å². The van der Waals surface area contributed by atoms with Crippen molar-refractivity contribution in [3.8, 4) is 0 Å². The summed E-state index contributed by atoms with van der Waals surface area (Å²) in [6.45, 7) is 0. The molecule has 0 heterocycles. The van der Waals surface area contributed by atoms with Gasteiger partial charge < -0.3 is 10.4 Å². The van der Waals surface area contributed by atoms with E-state index < -0.39 is 5.97 Å². The highest BCUT2D eigenvalue weighted by molar-refractivity contribution is 5.95. The van der Waals surface area contributed by atoms with E-state index in [2.05, 4.69) is 11.4 Å². The van der Waals surface area contributed by atoms with Crippen molar-refractivity contribution in [2.24, 2.45) is 0 Å². The van der Waals surface area contributed by atoms with Gasteiger partial charge in [0.2, 0.25) is 0 Å². The topological polar surface area (TPSA) is 49.3 Å². The lowest BCUT2D eigenvalue weighted by Crippen LogP contribution is -2.01. The molecule has 0 fully saturated rings. The first-order chi connectivity index (χ1) is 8.22. The Balaban J connectivity index is 2.45. The van der Waals surface area contributed by atoms with Crippen LogP contribution in [0.5, 0.6) is 0 Å². The molecule has 0 aliphatic rings. The zero-order valence-electron chi connectivity index (χ0n) is 9.73. The summed E-state index contributed by atoms with van der Waals surface area (Å²) in [6.07, 6.45) is 0.712. The van der Waals surface area contributed by atoms with Gasteiger partial charge in [-0.2, -0.15) is 0 Å². The number of carboxylic acids is 1. The van der Waals surface area contributed by atoms with Gasteiger partial charge in [0.05, 0.1) is 0 Å². The van der Waals surface area contributed by atoms with Gasteiger partial charge in [0, 0.05) is 24.5 Å². The molecular weight excluding hydrogens is 214 g/mol. The van der Waals surface area contributed by atoms with Gasteiger partial charge in [0.15, 0.2) is 0 Å². The summed E-state index contributed by atoms with van der Waals surface area (Å²) >= 11 is 0. The van der Waals surface area contributed by atoms with E-state index in [1.165, 1.54) is 0 Å². The molecule has 0 bridgehead atoms. The maximum atomic E-state index is 10.6. The monoisotopic (exact) mass is 229 g/mol. The lowest BCUT2D eigenvalue weighted by atomic mass is 10.0. The van der Waals surface area contributed by atoms with E-state index in [0.29, 0.717) is 6.42 Å². The molecule has 0 radical (unpaired) electrons. The summed E-state index contributed by atoms with van der Waals surface area (Å²) in [5.74, 6) is -0.764. The van der Waals surface area contributed by atoms with Crippen LogP contribution in [0.25, 0.3) is 10.8 Å².